The van der Waals surface area contributed by atoms with E-state index in [1.165, 1.54) is 30.5 Å². The first-order valence-corrected chi connectivity index (χ1v) is 10.7. The first-order chi connectivity index (χ1) is 15.3. The third-order valence-electron chi connectivity index (χ3n) is 5.57. The average molecular weight is 451 g/mol. The van der Waals surface area contributed by atoms with Crippen LogP contribution >= 0.6 is 0 Å². The predicted octanol–water partition coefficient (Wildman–Crippen LogP) is 4.34. The van der Waals surface area contributed by atoms with Crippen LogP contribution in [0.3, 0.4) is 0 Å². The van der Waals surface area contributed by atoms with Crippen LogP contribution in [0.25, 0.3) is 11.0 Å². The summed E-state index contributed by atoms with van der Waals surface area (Å²) in [5.74, 6) is 1.41. The van der Waals surface area contributed by atoms with Crippen molar-refractivity contribution in [3.63, 3.8) is 0 Å². The molecule has 2 aliphatic rings. The van der Waals surface area contributed by atoms with Gasteiger partial charge in [0.15, 0.2) is 5.65 Å². The van der Waals surface area contributed by atoms with Gasteiger partial charge in [0.2, 0.25) is 5.95 Å². The van der Waals surface area contributed by atoms with Gasteiger partial charge < -0.3 is 9.64 Å². The quantitative estimate of drug-likeness (QED) is 0.578. The van der Waals surface area contributed by atoms with Gasteiger partial charge in [-0.3, -0.25) is 4.68 Å². The molecule has 7 nitrogen and oxygen atoms in total. The van der Waals surface area contributed by atoms with E-state index in [-0.39, 0.29) is 0 Å². The molecule has 0 amide bonds. The molecule has 0 N–H and O–H groups in total. The van der Waals surface area contributed by atoms with Crippen LogP contribution in [0.5, 0.6) is 0 Å². The summed E-state index contributed by atoms with van der Waals surface area (Å²) in [6, 6.07) is 4.11. The van der Waals surface area contributed by atoms with Crippen molar-refractivity contribution < 1.29 is 17.9 Å². The van der Waals surface area contributed by atoms with E-state index in [1.54, 1.807) is 10.9 Å². The van der Waals surface area contributed by atoms with Crippen LogP contribution < -0.4 is 4.90 Å². The number of nitrogens with zero attached hydrogens (tertiary/aromatic N) is 6. The molecule has 0 bridgehead atoms. The largest absolute Gasteiger partial charge is 0.379 e. The second kappa shape index (κ2) is 11.2. The van der Waals surface area contributed by atoms with Gasteiger partial charge >= 0.3 is 6.68 Å². The maximum Gasteiger partial charge on any atom is 0.379 e. The molecule has 5 rings (SSSR count). The first kappa shape index (κ1) is 23.9. The van der Waals surface area contributed by atoms with Crippen LogP contribution in [0.2, 0.25) is 0 Å². The molecule has 0 aromatic carbocycles. The summed E-state index contributed by atoms with van der Waals surface area (Å²) in [4.78, 5) is 16.6. The number of ether oxygens (including phenoxy) is 1. The van der Waals surface area contributed by atoms with E-state index in [4.69, 9.17) is 19.7 Å². The molecule has 32 heavy (non-hydrogen) atoms. The highest BCUT2D eigenvalue weighted by Crippen LogP contribution is 2.39. The lowest BCUT2D eigenvalue weighted by molar-refractivity contribution is 0.00819. The fourth-order valence-corrected chi connectivity index (χ4v) is 3.50. The number of hydrogen-bond acceptors (Lipinski definition) is 6. The van der Waals surface area contributed by atoms with E-state index in [0.29, 0.717) is 5.92 Å². The molecular formula is C22H29F3N6O. The first-order valence-electron chi connectivity index (χ1n) is 10.7. The maximum absolute atomic E-state index is 9.67. The summed E-state index contributed by atoms with van der Waals surface area (Å²) >= 11 is 0. The fourth-order valence-electron chi connectivity index (χ4n) is 3.50. The predicted molar refractivity (Wildman–Crippen MR) is 117 cm³/mol. The van der Waals surface area contributed by atoms with Gasteiger partial charge in [-0.1, -0.05) is 6.42 Å². The van der Waals surface area contributed by atoms with Crippen molar-refractivity contribution in [3.8, 4) is 0 Å². The number of rotatable bonds is 2. The van der Waals surface area contributed by atoms with Crippen molar-refractivity contribution in [1.29, 1.82) is 0 Å². The second-order valence-corrected chi connectivity index (χ2v) is 7.83. The molecule has 1 saturated carbocycles. The number of halogens is 3. The van der Waals surface area contributed by atoms with Gasteiger partial charge in [-0.05, 0) is 44.4 Å². The highest BCUT2D eigenvalue weighted by Gasteiger charge is 2.26. The molecule has 0 radical (unpaired) electrons. The lowest BCUT2D eigenvalue weighted by Crippen LogP contribution is -2.37. The zero-order valence-corrected chi connectivity index (χ0v) is 18.6. The Bertz CT molecular complexity index is 986. The summed E-state index contributed by atoms with van der Waals surface area (Å²) in [5, 5.41) is 4.98. The molecule has 1 saturated heterocycles. The topological polar surface area (TPSA) is 69.0 Å². The lowest BCUT2D eigenvalue weighted by atomic mass is 9.81. The molecule has 3 aromatic heterocycles. The van der Waals surface area contributed by atoms with E-state index < -0.39 is 6.68 Å². The number of aryl methyl sites for hydroxylation is 3. The third kappa shape index (κ3) is 6.38. The molecule has 0 unspecified atom stereocenters. The zero-order valence-electron chi connectivity index (χ0n) is 18.6. The molecule has 4 heterocycles. The number of pyridine rings is 1. The van der Waals surface area contributed by atoms with E-state index in [0.717, 1.165) is 49.0 Å². The van der Waals surface area contributed by atoms with Crippen LogP contribution in [0, 0.1) is 13.8 Å². The summed E-state index contributed by atoms with van der Waals surface area (Å²) in [7, 11) is 1.89. The zero-order chi connectivity index (χ0) is 23.1. The molecule has 0 atom stereocenters. The number of aromatic nitrogens is 5. The van der Waals surface area contributed by atoms with Gasteiger partial charge in [-0.25, -0.2) is 9.97 Å². The van der Waals surface area contributed by atoms with Crippen molar-refractivity contribution in [2.24, 2.45) is 7.05 Å². The Hall–Kier alpha value is -2.75. The van der Waals surface area contributed by atoms with E-state index in [1.807, 2.05) is 26.2 Å². The normalized spacial score (nSPS) is 16.2. The fraction of sp³-hybridized carbons (Fsp3) is 0.545. The van der Waals surface area contributed by atoms with Gasteiger partial charge in [0.05, 0.1) is 18.9 Å². The molecule has 1 aliphatic carbocycles. The van der Waals surface area contributed by atoms with E-state index >= 15 is 0 Å². The van der Waals surface area contributed by atoms with Crippen molar-refractivity contribution in [3.05, 3.63) is 41.5 Å². The Labute approximate surface area is 185 Å². The highest BCUT2D eigenvalue weighted by molar-refractivity contribution is 5.80. The Morgan fingerprint density at radius 1 is 1.06 bits per heavy atom. The smallest absolute Gasteiger partial charge is 0.378 e. The highest BCUT2D eigenvalue weighted by atomic mass is 19.4. The van der Waals surface area contributed by atoms with Gasteiger partial charge in [-0.15, -0.1) is 0 Å². The Balaban J connectivity index is 0.000000241. The average Bonchev–Trinajstić information content (AvgIpc) is 3.19. The summed E-state index contributed by atoms with van der Waals surface area (Å²) < 4.78 is 36.2. The molecule has 1 aliphatic heterocycles. The number of alkyl halides is 3. The molecule has 0 spiro atoms. The summed E-state index contributed by atoms with van der Waals surface area (Å²) in [6.45, 7) is 3.72. The second-order valence-electron chi connectivity index (χ2n) is 7.83. The number of fused-ring (bicyclic) bond motifs is 1. The number of anilines is 1. The summed E-state index contributed by atoms with van der Waals surface area (Å²) in [5.41, 5.74) is 4.32. The lowest BCUT2D eigenvalue weighted by Gasteiger charge is -2.30. The maximum atomic E-state index is 9.67. The van der Waals surface area contributed by atoms with Crippen LogP contribution in [0.4, 0.5) is 19.1 Å². The van der Waals surface area contributed by atoms with Crippen LogP contribution in [0.15, 0.2) is 24.5 Å². The van der Waals surface area contributed by atoms with E-state index in [2.05, 4.69) is 23.0 Å². The van der Waals surface area contributed by atoms with Crippen LogP contribution in [-0.4, -0.2) is 57.7 Å². The SMILES string of the molecule is Cc1cc2c(C3CCC3)nc(N3CCOCC3)nc2nc1C.Cn1cccn1.FC(F)F. The van der Waals surface area contributed by atoms with Crippen molar-refractivity contribution in [2.45, 2.75) is 45.7 Å². The van der Waals surface area contributed by atoms with Crippen LogP contribution in [-0.2, 0) is 11.8 Å². The standard InChI is InChI=1S/C17H22N4O.C4H6N2.CHF3/c1-11-10-14-15(13-4-3-5-13)19-17(20-16(14)18-12(11)2)21-6-8-22-9-7-21;1-6-4-2-3-5-6;2-1(3)4/h10,13H,3-9H2,1-2H3;2-4H,1H3;1H. The van der Waals surface area contributed by atoms with Crippen molar-refractivity contribution >= 4 is 17.0 Å². The van der Waals surface area contributed by atoms with Crippen molar-refractivity contribution in [2.75, 3.05) is 31.2 Å². The molecule has 174 valence electrons. The van der Waals surface area contributed by atoms with Crippen LogP contribution in [0.1, 0.15) is 42.1 Å². The van der Waals surface area contributed by atoms with Gasteiger partial charge in [0.1, 0.15) is 0 Å². The Morgan fingerprint density at radius 2 is 1.75 bits per heavy atom. The molecule has 10 heteroatoms. The molecule has 3 aromatic rings. The van der Waals surface area contributed by atoms with Gasteiger partial charge in [0, 0.05) is 49.5 Å². The monoisotopic (exact) mass is 450 g/mol. The van der Waals surface area contributed by atoms with Gasteiger partial charge in [-0.2, -0.15) is 23.3 Å². The molecular weight excluding hydrogens is 421 g/mol. The minimum Gasteiger partial charge on any atom is -0.378 e. The van der Waals surface area contributed by atoms with Gasteiger partial charge in [0.25, 0.3) is 0 Å². The minimum absolute atomic E-state index is 0.578. The van der Waals surface area contributed by atoms with E-state index in [9.17, 15) is 13.2 Å². The third-order valence-corrected chi connectivity index (χ3v) is 5.57. The minimum atomic E-state index is -3.67. The molecule has 2 fully saturated rings. The number of hydrogen-bond donors (Lipinski definition) is 0. The summed E-state index contributed by atoms with van der Waals surface area (Å²) in [6.07, 6.45) is 7.42. The van der Waals surface area contributed by atoms with Crippen molar-refractivity contribution in [1.82, 2.24) is 24.7 Å². The number of morpholine rings is 1. The Kier molecular flexibility index (Phi) is 8.38. The Morgan fingerprint density at radius 3 is 2.25 bits per heavy atom.